The Kier molecular flexibility index (Phi) is 8.29. The molecule has 2 aromatic carbocycles. The first kappa shape index (κ1) is 26.1. The summed E-state index contributed by atoms with van der Waals surface area (Å²) in [6, 6.07) is 15.6. The number of ether oxygens (including phenoxy) is 1. The van der Waals surface area contributed by atoms with Gasteiger partial charge in [0.1, 0.15) is 16.6 Å². The van der Waals surface area contributed by atoms with Gasteiger partial charge in [0.15, 0.2) is 0 Å². The van der Waals surface area contributed by atoms with Gasteiger partial charge in [-0.3, -0.25) is 9.52 Å². The van der Waals surface area contributed by atoms with Crippen LogP contribution in [-0.4, -0.2) is 53.3 Å². The van der Waals surface area contributed by atoms with Gasteiger partial charge in [-0.2, -0.15) is 4.31 Å². The lowest BCUT2D eigenvalue weighted by Gasteiger charge is -2.25. The summed E-state index contributed by atoms with van der Waals surface area (Å²) in [6.07, 6.45) is 2.81. The van der Waals surface area contributed by atoms with Crippen LogP contribution in [0.5, 0.6) is 5.75 Å². The minimum atomic E-state index is -3.65. The van der Waals surface area contributed by atoms with Crippen molar-refractivity contribution < 1.29 is 26.4 Å². The van der Waals surface area contributed by atoms with Crippen molar-refractivity contribution in [2.24, 2.45) is 0 Å². The summed E-state index contributed by atoms with van der Waals surface area (Å²) in [5.74, 6) is 0.179. The standard InChI is InChI=1S/C24H27N3O6S3/c28-24(19-6-8-20(9-7-19)26-35(29,30)23-5-4-18-34-23)25-14-17-33-21-10-12-22(13-11-21)36(31,32)27-15-2-1-3-16-27/h4-13,18,26H,1-3,14-17H2,(H,25,28). The first-order valence-electron chi connectivity index (χ1n) is 11.4. The van der Waals surface area contributed by atoms with Crippen molar-refractivity contribution in [3.05, 3.63) is 71.6 Å². The van der Waals surface area contributed by atoms with Crippen LogP contribution in [0.15, 0.2) is 75.1 Å². The summed E-state index contributed by atoms with van der Waals surface area (Å²) in [5.41, 5.74) is 0.732. The predicted octanol–water partition coefficient (Wildman–Crippen LogP) is 3.53. The molecule has 2 N–H and O–H groups in total. The van der Waals surface area contributed by atoms with Crippen LogP contribution in [0.2, 0.25) is 0 Å². The molecule has 192 valence electrons. The van der Waals surface area contributed by atoms with Crippen molar-refractivity contribution in [1.82, 2.24) is 9.62 Å². The highest BCUT2D eigenvalue weighted by atomic mass is 32.2. The van der Waals surface area contributed by atoms with Crippen molar-refractivity contribution >= 4 is 43.0 Å². The fourth-order valence-electron chi connectivity index (χ4n) is 3.71. The fourth-order valence-corrected chi connectivity index (χ4v) is 7.28. The number of amides is 1. The number of sulfonamides is 2. The third-order valence-corrected chi connectivity index (χ3v) is 10.3. The zero-order chi connectivity index (χ0) is 25.6. The highest BCUT2D eigenvalue weighted by molar-refractivity contribution is 7.94. The Labute approximate surface area is 215 Å². The molecule has 1 saturated heterocycles. The number of thiophene rings is 1. The van der Waals surface area contributed by atoms with Gasteiger partial charge in [-0.1, -0.05) is 12.5 Å². The van der Waals surface area contributed by atoms with Gasteiger partial charge in [0, 0.05) is 24.3 Å². The zero-order valence-electron chi connectivity index (χ0n) is 19.4. The van der Waals surface area contributed by atoms with E-state index in [1.165, 1.54) is 46.8 Å². The summed E-state index contributed by atoms with van der Waals surface area (Å²) in [5, 5.41) is 4.42. The van der Waals surface area contributed by atoms with Crippen LogP contribution in [0.3, 0.4) is 0 Å². The molecule has 1 aliphatic rings. The molecule has 4 rings (SSSR count). The second-order valence-electron chi connectivity index (χ2n) is 8.16. The van der Waals surface area contributed by atoms with E-state index in [0.717, 1.165) is 30.6 Å². The third kappa shape index (κ3) is 6.44. The number of rotatable bonds is 10. The van der Waals surface area contributed by atoms with Crippen LogP contribution in [-0.2, 0) is 20.0 Å². The Hall–Kier alpha value is -2.93. The van der Waals surface area contributed by atoms with Crippen molar-refractivity contribution in [1.29, 1.82) is 0 Å². The summed E-state index contributed by atoms with van der Waals surface area (Å²) in [7, 11) is -7.14. The molecule has 3 aromatic rings. The molecule has 0 spiro atoms. The second kappa shape index (κ2) is 11.4. The summed E-state index contributed by atoms with van der Waals surface area (Å²) >= 11 is 1.12. The quantitative estimate of drug-likeness (QED) is 0.373. The Morgan fingerprint density at radius 1 is 0.917 bits per heavy atom. The Morgan fingerprint density at radius 2 is 1.61 bits per heavy atom. The molecule has 36 heavy (non-hydrogen) atoms. The predicted molar refractivity (Wildman–Crippen MR) is 138 cm³/mol. The average Bonchev–Trinajstić information content (AvgIpc) is 3.44. The van der Waals surface area contributed by atoms with E-state index in [4.69, 9.17) is 4.74 Å². The SMILES string of the molecule is O=C(NCCOc1ccc(S(=O)(=O)N2CCCCC2)cc1)c1ccc(NS(=O)(=O)c2cccs2)cc1. The van der Waals surface area contributed by atoms with Gasteiger partial charge in [0.2, 0.25) is 10.0 Å². The molecule has 0 aliphatic carbocycles. The highest BCUT2D eigenvalue weighted by Gasteiger charge is 2.25. The zero-order valence-corrected chi connectivity index (χ0v) is 21.9. The summed E-state index contributed by atoms with van der Waals surface area (Å²) in [6.45, 7) is 1.53. The third-order valence-electron chi connectivity index (χ3n) is 5.59. The van der Waals surface area contributed by atoms with E-state index in [0.29, 0.717) is 30.1 Å². The monoisotopic (exact) mass is 549 g/mol. The Bertz CT molecular complexity index is 1370. The number of nitrogens with zero attached hydrogens (tertiary/aromatic N) is 1. The molecule has 0 saturated carbocycles. The van der Waals surface area contributed by atoms with Gasteiger partial charge in [-0.15, -0.1) is 11.3 Å². The molecular formula is C24H27N3O6S3. The van der Waals surface area contributed by atoms with E-state index in [-0.39, 0.29) is 28.2 Å². The molecular weight excluding hydrogens is 522 g/mol. The minimum absolute atomic E-state index is 0.197. The van der Waals surface area contributed by atoms with Gasteiger partial charge >= 0.3 is 0 Å². The second-order valence-corrected chi connectivity index (χ2v) is 13.0. The molecule has 0 radical (unpaired) electrons. The molecule has 9 nitrogen and oxygen atoms in total. The maximum absolute atomic E-state index is 12.7. The van der Waals surface area contributed by atoms with Crippen LogP contribution in [0.4, 0.5) is 5.69 Å². The molecule has 1 fully saturated rings. The number of anilines is 1. The number of benzene rings is 2. The highest BCUT2D eigenvalue weighted by Crippen LogP contribution is 2.23. The van der Waals surface area contributed by atoms with Crippen molar-refractivity contribution in [3.8, 4) is 5.75 Å². The van der Waals surface area contributed by atoms with Crippen LogP contribution < -0.4 is 14.8 Å². The molecule has 1 aliphatic heterocycles. The van der Waals surface area contributed by atoms with Gasteiger partial charge in [-0.05, 0) is 72.8 Å². The molecule has 0 unspecified atom stereocenters. The largest absolute Gasteiger partial charge is 0.492 e. The number of hydrogen-bond acceptors (Lipinski definition) is 7. The maximum atomic E-state index is 12.7. The van der Waals surface area contributed by atoms with Gasteiger partial charge < -0.3 is 10.1 Å². The molecule has 1 amide bonds. The van der Waals surface area contributed by atoms with Gasteiger partial charge in [0.05, 0.1) is 11.4 Å². The summed E-state index contributed by atoms with van der Waals surface area (Å²) < 4.78 is 59.8. The number of carbonyl (C=O) groups excluding carboxylic acids is 1. The van der Waals surface area contributed by atoms with Crippen molar-refractivity contribution in [2.75, 3.05) is 31.0 Å². The minimum Gasteiger partial charge on any atom is -0.492 e. The number of carbonyl (C=O) groups is 1. The lowest BCUT2D eigenvalue weighted by molar-refractivity contribution is 0.0947. The van der Waals surface area contributed by atoms with Crippen molar-refractivity contribution in [3.63, 3.8) is 0 Å². The van der Waals surface area contributed by atoms with E-state index in [9.17, 15) is 21.6 Å². The normalized spacial score (nSPS) is 14.8. The molecule has 12 heteroatoms. The van der Waals surface area contributed by atoms with Crippen molar-refractivity contribution in [2.45, 2.75) is 28.4 Å². The number of piperidine rings is 1. The van der Waals surface area contributed by atoms with Gasteiger partial charge in [0.25, 0.3) is 15.9 Å². The molecule has 0 atom stereocenters. The smallest absolute Gasteiger partial charge is 0.271 e. The lowest BCUT2D eigenvalue weighted by Crippen LogP contribution is -2.35. The molecule has 2 heterocycles. The van der Waals surface area contributed by atoms with Crippen LogP contribution >= 0.6 is 11.3 Å². The van der Waals surface area contributed by atoms with E-state index >= 15 is 0 Å². The van der Waals surface area contributed by atoms with Gasteiger partial charge in [-0.25, -0.2) is 16.8 Å². The molecule has 1 aromatic heterocycles. The van der Waals surface area contributed by atoms with E-state index in [2.05, 4.69) is 10.0 Å². The maximum Gasteiger partial charge on any atom is 0.271 e. The van der Waals surface area contributed by atoms with E-state index in [1.54, 1.807) is 23.6 Å². The first-order chi connectivity index (χ1) is 17.3. The Morgan fingerprint density at radius 3 is 2.25 bits per heavy atom. The Balaban J connectivity index is 1.23. The van der Waals surface area contributed by atoms with E-state index in [1.807, 2.05) is 0 Å². The fraction of sp³-hybridized carbons (Fsp3) is 0.292. The first-order valence-corrected chi connectivity index (χ1v) is 15.2. The van der Waals surface area contributed by atoms with E-state index < -0.39 is 20.0 Å². The summed E-state index contributed by atoms with van der Waals surface area (Å²) in [4.78, 5) is 12.6. The topological polar surface area (TPSA) is 122 Å². The number of nitrogens with one attached hydrogen (secondary N) is 2. The lowest BCUT2D eigenvalue weighted by atomic mass is 10.2. The number of hydrogen-bond donors (Lipinski definition) is 2. The molecule has 0 bridgehead atoms. The average molecular weight is 550 g/mol. The van der Waals surface area contributed by atoms with Crippen LogP contribution in [0.1, 0.15) is 29.6 Å². The van der Waals surface area contributed by atoms with Crippen LogP contribution in [0.25, 0.3) is 0 Å². The van der Waals surface area contributed by atoms with Crippen LogP contribution in [0, 0.1) is 0 Å².